The highest BCUT2D eigenvalue weighted by atomic mass is 32.2. The number of carbonyl (C=O) groups is 1. The number of hydrogen-bond acceptors (Lipinski definition) is 2. The monoisotopic (exact) mass is 171 g/mol. The van der Waals surface area contributed by atoms with Gasteiger partial charge in [0.05, 0.1) is 4.75 Å². The van der Waals surface area contributed by atoms with E-state index in [1.54, 1.807) is 30.8 Å². The molecule has 1 unspecified atom stereocenters. The molecule has 0 aromatic carbocycles. The lowest BCUT2D eigenvalue weighted by atomic mass is 10.1. The molecule has 0 N–H and O–H groups in total. The Hall–Kier alpha value is -0.440. The van der Waals surface area contributed by atoms with Crippen LogP contribution in [0.5, 0.6) is 0 Å². The number of rotatable bonds is 1. The molecule has 1 atom stereocenters. The van der Waals surface area contributed by atoms with Gasteiger partial charge >= 0.3 is 0 Å². The summed E-state index contributed by atoms with van der Waals surface area (Å²) in [4.78, 5) is 13.2. The predicted molar refractivity (Wildman–Crippen MR) is 48.4 cm³/mol. The van der Waals surface area contributed by atoms with E-state index in [0.717, 1.165) is 6.42 Å². The van der Waals surface area contributed by atoms with E-state index < -0.39 is 0 Å². The van der Waals surface area contributed by atoms with Gasteiger partial charge in [-0.1, -0.05) is 6.08 Å². The third kappa shape index (κ3) is 1.59. The van der Waals surface area contributed by atoms with Gasteiger partial charge in [0, 0.05) is 14.1 Å². The Morgan fingerprint density at radius 3 is 2.64 bits per heavy atom. The van der Waals surface area contributed by atoms with Crippen molar-refractivity contribution in [1.82, 2.24) is 4.90 Å². The number of hydrogen-bond donors (Lipinski definition) is 0. The van der Waals surface area contributed by atoms with E-state index in [4.69, 9.17) is 0 Å². The maximum absolute atomic E-state index is 11.5. The summed E-state index contributed by atoms with van der Waals surface area (Å²) in [7, 11) is 3.60. The second-order valence-electron chi connectivity index (χ2n) is 3.12. The van der Waals surface area contributed by atoms with Crippen LogP contribution in [0.1, 0.15) is 13.3 Å². The molecule has 0 spiro atoms. The van der Waals surface area contributed by atoms with Gasteiger partial charge in [0.2, 0.25) is 5.91 Å². The molecule has 0 radical (unpaired) electrons. The lowest BCUT2D eigenvalue weighted by Gasteiger charge is -2.25. The van der Waals surface area contributed by atoms with Crippen LogP contribution in [0, 0.1) is 0 Å². The van der Waals surface area contributed by atoms with Crippen LogP contribution in [0.25, 0.3) is 0 Å². The predicted octanol–water partition coefficient (Wildman–Crippen LogP) is 1.48. The van der Waals surface area contributed by atoms with E-state index in [0.29, 0.717) is 0 Å². The molecule has 1 aliphatic heterocycles. The van der Waals surface area contributed by atoms with E-state index in [9.17, 15) is 4.79 Å². The summed E-state index contributed by atoms with van der Waals surface area (Å²) < 4.78 is -0.233. The Labute approximate surface area is 71.6 Å². The number of allylic oxidation sites excluding steroid dienone is 1. The Morgan fingerprint density at radius 1 is 1.64 bits per heavy atom. The molecular weight excluding hydrogens is 158 g/mol. The molecule has 0 aromatic heterocycles. The van der Waals surface area contributed by atoms with Crippen LogP contribution < -0.4 is 0 Å². The van der Waals surface area contributed by atoms with Crippen molar-refractivity contribution in [3.05, 3.63) is 11.5 Å². The van der Waals surface area contributed by atoms with Crippen molar-refractivity contribution in [3.63, 3.8) is 0 Å². The molecule has 11 heavy (non-hydrogen) atoms. The average molecular weight is 171 g/mol. The maximum atomic E-state index is 11.5. The van der Waals surface area contributed by atoms with Crippen LogP contribution in [0.2, 0.25) is 0 Å². The van der Waals surface area contributed by atoms with Crippen LogP contribution in [0.3, 0.4) is 0 Å². The van der Waals surface area contributed by atoms with Crippen molar-refractivity contribution in [3.8, 4) is 0 Å². The van der Waals surface area contributed by atoms with Crippen molar-refractivity contribution < 1.29 is 4.79 Å². The number of nitrogens with zero attached hydrogens (tertiary/aromatic N) is 1. The first-order valence-electron chi connectivity index (χ1n) is 3.61. The Bertz CT molecular complexity index is 190. The van der Waals surface area contributed by atoms with Crippen molar-refractivity contribution >= 4 is 17.7 Å². The molecule has 1 rings (SSSR count). The summed E-state index contributed by atoms with van der Waals surface area (Å²) in [5.74, 6) is 0.201. The van der Waals surface area contributed by atoms with Crippen molar-refractivity contribution in [2.75, 3.05) is 14.1 Å². The highest BCUT2D eigenvalue weighted by molar-refractivity contribution is 8.04. The van der Waals surface area contributed by atoms with Gasteiger partial charge in [-0.15, -0.1) is 11.8 Å². The van der Waals surface area contributed by atoms with Crippen LogP contribution in [-0.4, -0.2) is 29.6 Å². The Kier molecular flexibility index (Phi) is 2.28. The Balaban J connectivity index is 2.66. The van der Waals surface area contributed by atoms with Gasteiger partial charge < -0.3 is 4.90 Å². The van der Waals surface area contributed by atoms with Gasteiger partial charge in [-0.25, -0.2) is 0 Å². The van der Waals surface area contributed by atoms with E-state index in [2.05, 4.69) is 0 Å². The third-order valence-electron chi connectivity index (χ3n) is 1.79. The van der Waals surface area contributed by atoms with E-state index >= 15 is 0 Å². The van der Waals surface area contributed by atoms with Crippen molar-refractivity contribution in [2.24, 2.45) is 0 Å². The standard InChI is InChI=1S/C8H13NOS/c1-8(5-4-6-11-8)7(10)9(2)3/h4,6H,5H2,1-3H3. The second kappa shape index (κ2) is 2.89. The molecule has 0 bridgehead atoms. The highest BCUT2D eigenvalue weighted by Gasteiger charge is 2.35. The van der Waals surface area contributed by atoms with Gasteiger partial charge in [-0.2, -0.15) is 0 Å². The lowest BCUT2D eigenvalue weighted by molar-refractivity contribution is -0.130. The van der Waals surface area contributed by atoms with Crippen molar-refractivity contribution in [1.29, 1.82) is 0 Å². The summed E-state index contributed by atoms with van der Waals surface area (Å²) in [5.41, 5.74) is 0. The zero-order chi connectivity index (χ0) is 8.48. The smallest absolute Gasteiger partial charge is 0.238 e. The van der Waals surface area contributed by atoms with E-state index in [1.165, 1.54) is 0 Å². The topological polar surface area (TPSA) is 20.3 Å². The first kappa shape index (κ1) is 8.65. The molecule has 0 saturated carbocycles. The first-order chi connectivity index (χ1) is 5.06. The molecule has 1 amide bonds. The highest BCUT2D eigenvalue weighted by Crippen LogP contribution is 2.36. The molecule has 3 heteroatoms. The fourth-order valence-electron chi connectivity index (χ4n) is 1.13. The molecule has 0 fully saturated rings. The summed E-state index contributed by atoms with van der Waals surface area (Å²) in [5, 5.41) is 2.00. The molecule has 0 saturated heterocycles. The molecule has 1 aliphatic rings. The molecular formula is C8H13NOS. The number of amides is 1. The fourth-order valence-corrected chi connectivity index (χ4v) is 2.10. The zero-order valence-electron chi connectivity index (χ0n) is 7.13. The average Bonchev–Trinajstić information content (AvgIpc) is 2.35. The van der Waals surface area contributed by atoms with Gasteiger partial charge in [-0.05, 0) is 18.8 Å². The van der Waals surface area contributed by atoms with Gasteiger partial charge in [-0.3, -0.25) is 4.79 Å². The summed E-state index contributed by atoms with van der Waals surface area (Å²) in [6.07, 6.45) is 2.90. The quantitative estimate of drug-likeness (QED) is 0.595. The lowest BCUT2D eigenvalue weighted by Crippen LogP contribution is -2.39. The fraction of sp³-hybridized carbons (Fsp3) is 0.625. The van der Waals surface area contributed by atoms with Crippen LogP contribution in [0.4, 0.5) is 0 Å². The minimum Gasteiger partial charge on any atom is -0.348 e. The Morgan fingerprint density at radius 2 is 2.27 bits per heavy atom. The van der Waals surface area contributed by atoms with Gasteiger partial charge in [0.25, 0.3) is 0 Å². The van der Waals surface area contributed by atoms with Gasteiger partial charge in [0.15, 0.2) is 0 Å². The molecule has 1 heterocycles. The minimum absolute atomic E-state index is 0.201. The minimum atomic E-state index is -0.233. The SMILES string of the molecule is CN(C)C(=O)C1(C)CC=CS1. The molecule has 0 aliphatic carbocycles. The van der Waals surface area contributed by atoms with Crippen LogP contribution >= 0.6 is 11.8 Å². The molecule has 0 aromatic rings. The first-order valence-corrected chi connectivity index (χ1v) is 4.49. The summed E-state index contributed by atoms with van der Waals surface area (Å²) in [6.45, 7) is 1.99. The van der Waals surface area contributed by atoms with Crippen LogP contribution in [-0.2, 0) is 4.79 Å². The van der Waals surface area contributed by atoms with Crippen molar-refractivity contribution in [2.45, 2.75) is 18.1 Å². The maximum Gasteiger partial charge on any atom is 0.238 e. The van der Waals surface area contributed by atoms with Gasteiger partial charge in [0.1, 0.15) is 0 Å². The number of carbonyl (C=O) groups excluding carboxylic acids is 1. The third-order valence-corrected chi connectivity index (χ3v) is 2.98. The largest absolute Gasteiger partial charge is 0.348 e. The summed E-state index contributed by atoms with van der Waals surface area (Å²) in [6, 6.07) is 0. The normalized spacial score (nSPS) is 29.0. The van der Waals surface area contributed by atoms with E-state index in [-0.39, 0.29) is 10.7 Å². The summed E-state index contributed by atoms with van der Waals surface area (Å²) >= 11 is 1.61. The second-order valence-corrected chi connectivity index (χ2v) is 4.53. The molecule has 2 nitrogen and oxygen atoms in total. The van der Waals surface area contributed by atoms with Crippen LogP contribution in [0.15, 0.2) is 11.5 Å². The molecule has 62 valence electrons. The van der Waals surface area contributed by atoms with E-state index in [1.807, 2.05) is 18.4 Å². The zero-order valence-corrected chi connectivity index (χ0v) is 7.94. The number of thioether (sulfide) groups is 1.